The van der Waals surface area contributed by atoms with Crippen molar-refractivity contribution in [3.63, 3.8) is 0 Å². The van der Waals surface area contributed by atoms with Gasteiger partial charge in [-0.05, 0) is 43.1 Å². The highest BCUT2D eigenvalue weighted by Crippen LogP contribution is 2.38. The molecule has 0 saturated heterocycles. The summed E-state index contributed by atoms with van der Waals surface area (Å²) in [6.45, 7) is 2.22. The number of hydrogen-bond acceptors (Lipinski definition) is 1. The van der Waals surface area contributed by atoms with Gasteiger partial charge in [0, 0.05) is 5.56 Å². The molecule has 0 radical (unpaired) electrons. The number of hydrogen-bond donors (Lipinski definition) is 0. The van der Waals surface area contributed by atoms with E-state index in [1.807, 2.05) is 0 Å². The molecule has 1 aromatic rings. The van der Waals surface area contributed by atoms with E-state index < -0.39 is 5.92 Å². The smallest absolute Gasteiger partial charge is 0.191 e. The molecular formula is C17H21F2N. The zero-order valence-electron chi connectivity index (χ0n) is 11.9. The summed E-state index contributed by atoms with van der Waals surface area (Å²) in [7, 11) is 0. The topological polar surface area (TPSA) is 23.8 Å². The predicted octanol–water partition coefficient (Wildman–Crippen LogP) is 5.38. The Labute approximate surface area is 119 Å². The van der Waals surface area contributed by atoms with Crippen molar-refractivity contribution in [2.24, 2.45) is 5.92 Å². The molecule has 0 spiro atoms. The van der Waals surface area contributed by atoms with Crippen LogP contribution in [0.4, 0.5) is 8.78 Å². The number of alkyl halides is 2. The molecule has 1 nitrogen and oxygen atoms in total. The van der Waals surface area contributed by atoms with Crippen LogP contribution < -0.4 is 0 Å². The van der Waals surface area contributed by atoms with Gasteiger partial charge in [0.2, 0.25) is 0 Å². The summed E-state index contributed by atoms with van der Waals surface area (Å²) in [5.41, 5.74) is 0.931. The average Bonchev–Trinajstić information content (AvgIpc) is 2.48. The highest BCUT2D eigenvalue weighted by molar-refractivity contribution is 5.31. The van der Waals surface area contributed by atoms with Crippen molar-refractivity contribution >= 4 is 0 Å². The van der Waals surface area contributed by atoms with Crippen molar-refractivity contribution in [1.29, 1.82) is 5.26 Å². The highest BCUT2D eigenvalue weighted by atomic mass is 19.3. The van der Waals surface area contributed by atoms with E-state index in [-0.39, 0.29) is 5.56 Å². The second kappa shape index (κ2) is 6.35. The molecule has 1 aliphatic rings. The molecule has 3 heteroatoms. The molecule has 0 heterocycles. The van der Waals surface area contributed by atoms with Crippen molar-refractivity contribution in [2.75, 3.05) is 0 Å². The Balaban J connectivity index is 2.00. The summed E-state index contributed by atoms with van der Waals surface area (Å²) in [6, 6.07) is 7.38. The van der Waals surface area contributed by atoms with Gasteiger partial charge in [-0.25, -0.2) is 0 Å². The summed E-state index contributed by atoms with van der Waals surface area (Å²) >= 11 is 0. The summed E-state index contributed by atoms with van der Waals surface area (Å²) in [6.07, 6.45) is 7.34. The highest BCUT2D eigenvalue weighted by Gasteiger charge is 2.31. The van der Waals surface area contributed by atoms with E-state index in [1.54, 1.807) is 12.1 Å². The summed E-state index contributed by atoms with van der Waals surface area (Å²) < 4.78 is 26.5. The minimum absolute atomic E-state index is 0.205. The molecule has 108 valence electrons. The minimum Gasteiger partial charge on any atom is -0.191 e. The van der Waals surface area contributed by atoms with E-state index in [4.69, 9.17) is 5.26 Å². The number of benzene rings is 1. The van der Waals surface area contributed by atoms with Crippen LogP contribution in [0.2, 0.25) is 0 Å². The van der Waals surface area contributed by atoms with E-state index in [0.717, 1.165) is 30.4 Å². The lowest BCUT2D eigenvalue weighted by atomic mass is 9.77. The van der Waals surface area contributed by atoms with Gasteiger partial charge in [-0.2, -0.15) is 14.0 Å². The Morgan fingerprint density at radius 1 is 1.15 bits per heavy atom. The second-order valence-corrected chi connectivity index (χ2v) is 5.81. The van der Waals surface area contributed by atoms with Crippen LogP contribution in [0.25, 0.3) is 0 Å². The van der Waals surface area contributed by atoms with Gasteiger partial charge in [-0.3, -0.25) is 0 Å². The number of nitrogens with zero attached hydrogens (tertiary/aromatic N) is 1. The zero-order chi connectivity index (χ0) is 14.6. The maximum Gasteiger partial charge on any atom is 0.357 e. The monoisotopic (exact) mass is 277 g/mol. The van der Waals surface area contributed by atoms with E-state index in [2.05, 4.69) is 6.92 Å². The Bertz CT molecular complexity index is 465. The van der Waals surface area contributed by atoms with Gasteiger partial charge < -0.3 is 0 Å². The first-order valence-corrected chi connectivity index (χ1v) is 7.46. The molecule has 1 saturated carbocycles. The normalized spacial score (nSPS) is 23.3. The van der Waals surface area contributed by atoms with Crippen LogP contribution in [0.1, 0.15) is 62.5 Å². The molecule has 1 fully saturated rings. The molecule has 0 amide bonds. The first kappa shape index (κ1) is 15.0. The first-order valence-electron chi connectivity index (χ1n) is 7.46. The van der Waals surface area contributed by atoms with E-state index in [1.165, 1.54) is 37.8 Å². The molecule has 20 heavy (non-hydrogen) atoms. The van der Waals surface area contributed by atoms with Gasteiger partial charge in [-0.15, -0.1) is 0 Å². The fourth-order valence-corrected chi connectivity index (χ4v) is 3.22. The van der Waals surface area contributed by atoms with Gasteiger partial charge in [-0.1, -0.05) is 44.0 Å². The lowest BCUT2D eigenvalue weighted by molar-refractivity contribution is 0.0612. The van der Waals surface area contributed by atoms with Crippen LogP contribution in [0.3, 0.4) is 0 Å². The molecule has 2 rings (SSSR count). The maximum absolute atomic E-state index is 13.2. The number of nitriles is 1. The first-order chi connectivity index (χ1) is 9.56. The van der Waals surface area contributed by atoms with Crippen LogP contribution in [-0.2, 0) is 5.92 Å². The van der Waals surface area contributed by atoms with Crippen molar-refractivity contribution in [3.05, 3.63) is 35.4 Å². The van der Waals surface area contributed by atoms with Gasteiger partial charge in [0.05, 0.1) is 0 Å². The quantitative estimate of drug-likeness (QED) is 0.725. The van der Waals surface area contributed by atoms with Gasteiger partial charge in [0.25, 0.3) is 0 Å². The van der Waals surface area contributed by atoms with E-state index in [0.29, 0.717) is 5.92 Å². The largest absolute Gasteiger partial charge is 0.357 e. The van der Waals surface area contributed by atoms with Crippen molar-refractivity contribution in [2.45, 2.75) is 57.3 Å². The summed E-state index contributed by atoms with van der Waals surface area (Å²) in [4.78, 5) is 0. The second-order valence-electron chi connectivity index (χ2n) is 5.81. The van der Waals surface area contributed by atoms with Crippen LogP contribution >= 0.6 is 0 Å². The molecule has 1 aromatic carbocycles. The van der Waals surface area contributed by atoms with Gasteiger partial charge in [0.15, 0.2) is 0 Å². The average molecular weight is 277 g/mol. The third-order valence-electron chi connectivity index (χ3n) is 4.43. The number of halogens is 2. The fraction of sp³-hybridized carbons (Fsp3) is 0.588. The zero-order valence-corrected chi connectivity index (χ0v) is 11.9. The Morgan fingerprint density at radius 3 is 2.25 bits per heavy atom. The van der Waals surface area contributed by atoms with Gasteiger partial charge >= 0.3 is 5.92 Å². The van der Waals surface area contributed by atoms with Crippen LogP contribution in [-0.4, -0.2) is 0 Å². The molecule has 1 aliphatic carbocycles. The molecule has 0 aromatic heterocycles. The molecular weight excluding hydrogens is 256 g/mol. The predicted molar refractivity (Wildman–Crippen MR) is 75.6 cm³/mol. The molecule has 0 unspecified atom stereocenters. The molecule has 0 bridgehead atoms. The Kier molecular flexibility index (Phi) is 4.75. The Morgan fingerprint density at radius 2 is 1.75 bits per heavy atom. The van der Waals surface area contributed by atoms with E-state index in [9.17, 15) is 8.78 Å². The molecule has 0 atom stereocenters. The van der Waals surface area contributed by atoms with Crippen LogP contribution in [0.15, 0.2) is 24.3 Å². The van der Waals surface area contributed by atoms with Crippen molar-refractivity contribution < 1.29 is 8.78 Å². The molecule has 0 N–H and O–H groups in total. The lowest BCUT2D eigenvalue weighted by Crippen LogP contribution is -2.14. The van der Waals surface area contributed by atoms with E-state index >= 15 is 0 Å². The SMILES string of the molecule is CCCC1CCC(c2ccc(C(F)(F)C#N)cc2)CC1. The Hall–Kier alpha value is -1.43. The standard InChI is InChI=1S/C17H21F2N/c1-2-3-13-4-6-14(7-5-13)15-8-10-16(11-9-15)17(18,19)12-20/h8-11,13-14H,2-7H2,1H3. The van der Waals surface area contributed by atoms with Crippen LogP contribution in [0.5, 0.6) is 0 Å². The summed E-state index contributed by atoms with van der Waals surface area (Å²) in [5.74, 6) is -2.04. The van der Waals surface area contributed by atoms with Crippen LogP contribution in [0, 0.1) is 17.2 Å². The fourth-order valence-electron chi connectivity index (χ4n) is 3.22. The number of rotatable bonds is 4. The third kappa shape index (κ3) is 3.36. The summed E-state index contributed by atoms with van der Waals surface area (Å²) in [5, 5.41) is 8.45. The third-order valence-corrected chi connectivity index (χ3v) is 4.43. The lowest BCUT2D eigenvalue weighted by Gasteiger charge is -2.28. The van der Waals surface area contributed by atoms with Crippen molar-refractivity contribution in [1.82, 2.24) is 0 Å². The maximum atomic E-state index is 13.2. The van der Waals surface area contributed by atoms with Crippen molar-refractivity contribution in [3.8, 4) is 6.07 Å². The molecule has 0 aliphatic heterocycles. The minimum atomic E-state index is -3.38. The van der Waals surface area contributed by atoms with Gasteiger partial charge in [0.1, 0.15) is 6.07 Å².